The van der Waals surface area contributed by atoms with E-state index in [2.05, 4.69) is 39.3 Å². The number of H-pyrrole nitrogens is 1. The van der Waals surface area contributed by atoms with Crippen LogP contribution >= 0.6 is 0 Å². The lowest BCUT2D eigenvalue weighted by Gasteiger charge is -2.35. The second-order valence-corrected chi connectivity index (χ2v) is 7.76. The van der Waals surface area contributed by atoms with Crippen LogP contribution in [0.2, 0.25) is 0 Å². The fraction of sp³-hybridized carbons (Fsp3) is 0.450. The Morgan fingerprint density at radius 2 is 2.03 bits per heavy atom. The summed E-state index contributed by atoms with van der Waals surface area (Å²) in [5.74, 6) is 1.06. The molecule has 4 heterocycles. The van der Waals surface area contributed by atoms with Crippen molar-refractivity contribution in [2.24, 2.45) is 5.92 Å². The Balaban J connectivity index is 1.76. The summed E-state index contributed by atoms with van der Waals surface area (Å²) in [7, 11) is 0. The molecule has 1 fully saturated rings. The predicted octanol–water partition coefficient (Wildman–Crippen LogP) is 3.86. The molecule has 1 aliphatic heterocycles. The first-order chi connectivity index (χ1) is 13.8. The molecule has 0 bridgehead atoms. The Morgan fingerprint density at radius 1 is 1.21 bits per heavy atom. The molecule has 154 valence electrons. The average Bonchev–Trinajstić information content (AvgIpc) is 3.10. The number of pyridine rings is 2. The van der Waals surface area contributed by atoms with Gasteiger partial charge in [0.25, 0.3) is 0 Å². The van der Waals surface area contributed by atoms with Crippen LogP contribution in [0.3, 0.4) is 0 Å². The van der Waals surface area contributed by atoms with Crippen molar-refractivity contribution in [2.75, 3.05) is 24.5 Å². The second kappa shape index (κ2) is 7.62. The summed E-state index contributed by atoms with van der Waals surface area (Å²) >= 11 is 0. The lowest BCUT2D eigenvalue weighted by Crippen LogP contribution is -2.51. The van der Waals surface area contributed by atoms with Gasteiger partial charge in [0.1, 0.15) is 17.2 Å². The third-order valence-corrected chi connectivity index (χ3v) is 5.08. The van der Waals surface area contributed by atoms with Gasteiger partial charge in [-0.25, -0.2) is 9.97 Å². The highest BCUT2D eigenvalue weighted by Gasteiger charge is 2.36. The molecule has 1 atom stereocenters. The van der Waals surface area contributed by atoms with Gasteiger partial charge in [-0.05, 0) is 36.6 Å². The molecule has 0 spiro atoms. The van der Waals surface area contributed by atoms with Gasteiger partial charge in [0, 0.05) is 37.3 Å². The van der Waals surface area contributed by atoms with Gasteiger partial charge in [0.15, 0.2) is 5.65 Å². The molecule has 3 aromatic rings. The molecule has 4 rings (SSSR count). The topological polar surface area (TPSA) is 69.7 Å². The van der Waals surface area contributed by atoms with Crippen LogP contribution in [0.15, 0.2) is 30.5 Å². The summed E-state index contributed by atoms with van der Waals surface area (Å²) in [5.41, 5.74) is -0.376. The number of piperazine rings is 1. The van der Waals surface area contributed by atoms with Gasteiger partial charge >= 0.3 is 6.18 Å². The standard InChI is InChI=1S/C20H23F3N6/c1-12(2)10-13-11-29(9-8-24-13)16-6-5-15(20(21,22)23)18(26-16)17-14-4-3-7-25-19(14)28-27-17/h3-7,12-13,24H,8-11H2,1-2H3,(H,25,27,28)/t13-/m0/s1. The Morgan fingerprint density at radius 3 is 2.79 bits per heavy atom. The van der Waals surface area contributed by atoms with Crippen LogP contribution in [0.1, 0.15) is 25.8 Å². The van der Waals surface area contributed by atoms with Crippen molar-refractivity contribution >= 4 is 16.9 Å². The van der Waals surface area contributed by atoms with E-state index in [4.69, 9.17) is 0 Å². The maximum absolute atomic E-state index is 13.7. The van der Waals surface area contributed by atoms with E-state index in [-0.39, 0.29) is 17.4 Å². The van der Waals surface area contributed by atoms with E-state index in [0.29, 0.717) is 35.9 Å². The number of alkyl halides is 3. The van der Waals surface area contributed by atoms with E-state index in [1.807, 2.05) is 4.90 Å². The van der Waals surface area contributed by atoms with Gasteiger partial charge in [-0.15, -0.1) is 0 Å². The van der Waals surface area contributed by atoms with E-state index < -0.39 is 11.7 Å². The first-order valence-corrected chi connectivity index (χ1v) is 9.69. The van der Waals surface area contributed by atoms with Gasteiger partial charge in [-0.3, -0.25) is 5.10 Å². The zero-order valence-corrected chi connectivity index (χ0v) is 16.3. The van der Waals surface area contributed by atoms with Crippen LogP contribution in [0.4, 0.5) is 19.0 Å². The summed E-state index contributed by atoms with van der Waals surface area (Å²) < 4.78 is 41.1. The summed E-state index contributed by atoms with van der Waals surface area (Å²) in [6.07, 6.45) is -1.97. The van der Waals surface area contributed by atoms with Crippen LogP contribution < -0.4 is 10.2 Å². The van der Waals surface area contributed by atoms with Crippen LogP contribution in [0.5, 0.6) is 0 Å². The molecule has 1 saturated heterocycles. The number of aromatic nitrogens is 4. The van der Waals surface area contributed by atoms with Gasteiger partial charge in [-0.2, -0.15) is 18.3 Å². The first kappa shape index (κ1) is 19.6. The molecule has 0 amide bonds. The van der Waals surface area contributed by atoms with E-state index in [1.165, 1.54) is 6.07 Å². The highest BCUT2D eigenvalue weighted by atomic mass is 19.4. The van der Waals surface area contributed by atoms with Crippen molar-refractivity contribution in [2.45, 2.75) is 32.5 Å². The zero-order valence-electron chi connectivity index (χ0n) is 16.3. The van der Waals surface area contributed by atoms with Crippen molar-refractivity contribution in [1.82, 2.24) is 25.5 Å². The molecule has 9 heteroatoms. The smallest absolute Gasteiger partial charge is 0.354 e. The largest absolute Gasteiger partial charge is 0.418 e. The number of aromatic amines is 1. The minimum atomic E-state index is -4.53. The SMILES string of the molecule is CC(C)C[C@H]1CN(c2ccc(C(F)(F)F)c(-c3n[nH]c4ncccc34)n2)CCN1. The number of hydrogen-bond acceptors (Lipinski definition) is 5. The molecule has 1 aliphatic rings. The van der Waals surface area contributed by atoms with Crippen LogP contribution in [0.25, 0.3) is 22.4 Å². The van der Waals surface area contributed by atoms with Gasteiger partial charge < -0.3 is 10.2 Å². The van der Waals surface area contributed by atoms with Crippen molar-refractivity contribution < 1.29 is 13.2 Å². The Bertz CT molecular complexity index is 997. The molecule has 2 N–H and O–H groups in total. The fourth-order valence-electron chi connectivity index (χ4n) is 3.83. The van der Waals surface area contributed by atoms with Crippen molar-refractivity contribution in [1.29, 1.82) is 0 Å². The van der Waals surface area contributed by atoms with Crippen LogP contribution in [-0.4, -0.2) is 45.8 Å². The summed E-state index contributed by atoms with van der Waals surface area (Å²) in [5, 5.41) is 10.8. The number of nitrogens with one attached hydrogen (secondary N) is 2. The van der Waals surface area contributed by atoms with Gasteiger partial charge in [-0.1, -0.05) is 13.8 Å². The minimum absolute atomic E-state index is 0.163. The number of halogens is 3. The highest BCUT2D eigenvalue weighted by Crippen LogP contribution is 2.38. The molecule has 0 aromatic carbocycles. The lowest BCUT2D eigenvalue weighted by atomic mass is 10.0. The summed E-state index contributed by atoms with van der Waals surface area (Å²) in [6.45, 7) is 6.48. The number of rotatable bonds is 4. The predicted molar refractivity (Wildman–Crippen MR) is 106 cm³/mol. The van der Waals surface area contributed by atoms with Crippen molar-refractivity contribution in [3.05, 3.63) is 36.0 Å². The Labute approximate surface area is 166 Å². The average molecular weight is 404 g/mol. The summed E-state index contributed by atoms with van der Waals surface area (Å²) in [6, 6.07) is 6.21. The number of hydrogen-bond donors (Lipinski definition) is 2. The first-order valence-electron chi connectivity index (χ1n) is 9.69. The zero-order chi connectivity index (χ0) is 20.6. The molecular formula is C20H23F3N6. The van der Waals surface area contributed by atoms with E-state index in [9.17, 15) is 13.2 Å². The molecule has 0 unspecified atom stereocenters. The van der Waals surface area contributed by atoms with Crippen LogP contribution in [-0.2, 0) is 6.18 Å². The van der Waals surface area contributed by atoms with E-state index in [1.54, 1.807) is 18.3 Å². The monoisotopic (exact) mass is 404 g/mol. The highest BCUT2D eigenvalue weighted by molar-refractivity contribution is 5.90. The minimum Gasteiger partial charge on any atom is -0.354 e. The molecule has 0 radical (unpaired) electrons. The second-order valence-electron chi connectivity index (χ2n) is 7.76. The molecule has 0 saturated carbocycles. The normalized spacial score (nSPS) is 18.0. The third-order valence-electron chi connectivity index (χ3n) is 5.08. The van der Waals surface area contributed by atoms with Crippen LogP contribution in [0, 0.1) is 5.92 Å². The maximum atomic E-state index is 13.7. The summed E-state index contributed by atoms with van der Waals surface area (Å²) in [4.78, 5) is 10.6. The maximum Gasteiger partial charge on any atom is 0.418 e. The molecular weight excluding hydrogens is 381 g/mol. The van der Waals surface area contributed by atoms with Crippen molar-refractivity contribution in [3.63, 3.8) is 0 Å². The number of nitrogens with zero attached hydrogens (tertiary/aromatic N) is 4. The quantitative estimate of drug-likeness (QED) is 0.691. The molecule has 29 heavy (non-hydrogen) atoms. The van der Waals surface area contributed by atoms with Gasteiger partial charge in [0.2, 0.25) is 0 Å². The molecule has 0 aliphatic carbocycles. The van der Waals surface area contributed by atoms with E-state index in [0.717, 1.165) is 19.0 Å². The number of anilines is 1. The molecule has 6 nitrogen and oxygen atoms in total. The third kappa shape index (κ3) is 4.05. The fourth-order valence-corrected chi connectivity index (χ4v) is 3.83. The number of fused-ring (bicyclic) bond motifs is 1. The Kier molecular flexibility index (Phi) is 5.16. The Hall–Kier alpha value is -2.68. The van der Waals surface area contributed by atoms with E-state index >= 15 is 0 Å². The van der Waals surface area contributed by atoms with Gasteiger partial charge in [0.05, 0.1) is 5.56 Å². The lowest BCUT2D eigenvalue weighted by molar-refractivity contribution is -0.137. The molecule has 3 aromatic heterocycles. The van der Waals surface area contributed by atoms with Crippen molar-refractivity contribution in [3.8, 4) is 11.4 Å².